The van der Waals surface area contributed by atoms with Gasteiger partial charge in [0.2, 0.25) is 11.1 Å². The van der Waals surface area contributed by atoms with Gasteiger partial charge in [0.15, 0.2) is 0 Å². The minimum absolute atomic E-state index is 0.00174. The average molecular weight is 394 g/mol. The molecular weight excluding hydrogens is 370 g/mol. The summed E-state index contributed by atoms with van der Waals surface area (Å²) in [5, 5.41) is 15.8. The standard InChI is InChI=1S/C21H23N5OS/c1-14-10-11-19(15(2)12-14)26-21(23-24-25-26)28-13-20(27)22-18-9-5-7-16-6-3-4-8-17(16)18/h3-4,6,8,10-12,18H,5,7,9,13H2,1-2H3,(H,22,27)/t18-/m0/s1. The lowest BCUT2D eigenvalue weighted by molar-refractivity contribution is -0.119. The van der Waals surface area contributed by atoms with E-state index < -0.39 is 0 Å². The monoisotopic (exact) mass is 393 g/mol. The molecule has 0 spiro atoms. The highest BCUT2D eigenvalue weighted by molar-refractivity contribution is 7.99. The van der Waals surface area contributed by atoms with Crippen LogP contribution in [0, 0.1) is 13.8 Å². The number of rotatable bonds is 5. The van der Waals surface area contributed by atoms with Crippen LogP contribution in [0.2, 0.25) is 0 Å². The fourth-order valence-electron chi connectivity index (χ4n) is 3.73. The van der Waals surface area contributed by atoms with Crippen molar-refractivity contribution in [2.45, 2.75) is 44.3 Å². The number of aryl methyl sites for hydroxylation is 3. The van der Waals surface area contributed by atoms with Crippen molar-refractivity contribution in [1.29, 1.82) is 0 Å². The topological polar surface area (TPSA) is 72.7 Å². The summed E-state index contributed by atoms with van der Waals surface area (Å²) in [6.07, 6.45) is 3.16. The number of thioether (sulfide) groups is 1. The van der Waals surface area contributed by atoms with E-state index in [1.165, 1.54) is 28.5 Å². The van der Waals surface area contributed by atoms with Gasteiger partial charge in [-0.15, -0.1) is 5.10 Å². The summed E-state index contributed by atoms with van der Waals surface area (Å²) in [7, 11) is 0. The van der Waals surface area contributed by atoms with Crippen LogP contribution in [-0.2, 0) is 11.2 Å². The van der Waals surface area contributed by atoms with Gasteiger partial charge in [0.25, 0.3) is 0 Å². The van der Waals surface area contributed by atoms with Crippen molar-refractivity contribution in [3.8, 4) is 5.69 Å². The zero-order chi connectivity index (χ0) is 19.5. The van der Waals surface area contributed by atoms with Gasteiger partial charge in [0, 0.05) is 0 Å². The molecule has 1 aliphatic carbocycles. The third kappa shape index (κ3) is 3.94. The molecular formula is C21H23N5OS. The van der Waals surface area contributed by atoms with Crippen molar-refractivity contribution in [2.24, 2.45) is 0 Å². The SMILES string of the molecule is Cc1ccc(-n2nnnc2SCC(=O)N[C@H]2CCCc3ccccc32)c(C)c1. The molecule has 2 aromatic carbocycles. The third-order valence-corrected chi connectivity index (χ3v) is 5.98. The molecule has 0 aliphatic heterocycles. The van der Waals surface area contributed by atoms with Crippen LogP contribution in [0.5, 0.6) is 0 Å². The van der Waals surface area contributed by atoms with E-state index in [1.54, 1.807) is 4.68 Å². The Morgan fingerprint density at radius 3 is 2.96 bits per heavy atom. The maximum Gasteiger partial charge on any atom is 0.230 e. The number of nitrogens with zero attached hydrogens (tertiary/aromatic N) is 4. The largest absolute Gasteiger partial charge is 0.349 e. The number of carbonyl (C=O) groups is 1. The van der Waals surface area contributed by atoms with E-state index in [1.807, 2.05) is 25.1 Å². The smallest absolute Gasteiger partial charge is 0.230 e. The fourth-order valence-corrected chi connectivity index (χ4v) is 4.43. The van der Waals surface area contributed by atoms with Crippen LogP contribution < -0.4 is 5.32 Å². The van der Waals surface area contributed by atoms with Gasteiger partial charge in [-0.3, -0.25) is 4.79 Å². The Morgan fingerprint density at radius 2 is 2.11 bits per heavy atom. The Hall–Kier alpha value is -2.67. The molecule has 1 aliphatic rings. The average Bonchev–Trinajstić information content (AvgIpc) is 3.15. The maximum absolute atomic E-state index is 12.6. The van der Waals surface area contributed by atoms with Crippen LogP contribution in [-0.4, -0.2) is 31.9 Å². The van der Waals surface area contributed by atoms with Crippen molar-refractivity contribution in [3.05, 3.63) is 64.7 Å². The molecule has 0 fully saturated rings. The molecule has 1 N–H and O–H groups in total. The number of tetrazole rings is 1. The van der Waals surface area contributed by atoms with E-state index >= 15 is 0 Å². The fraction of sp³-hybridized carbons (Fsp3) is 0.333. The minimum atomic E-state index is 0.00174. The van der Waals surface area contributed by atoms with Crippen LogP contribution in [0.25, 0.3) is 5.69 Å². The van der Waals surface area contributed by atoms with E-state index in [0.717, 1.165) is 30.5 Å². The molecule has 7 heteroatoms. The first-order chi connectivity index (χ1) is 13.6. The lowest BCUT2D eigenvalue weighted by atomic mass is 9.88. The van der Waals surface area contributed by atoms with E-state index in [0.29, 0.717) is 5.16 Å². The quantitative estimate of drug-likeness (QED) is 0.671. The van der Waals surface area contributed by atoms with Crippen molar-refractivity contribution in [2.75, 3.05) is 5.75 Å². The van der Waals surface area contributed by atoms with Gasteiger partial charge >= 0.3 is 0 Å². The molecule has 6 nitrogen and oxygen atoms in total. The molecule has 1 atom stereocenters. The summed E-state index contributed by atoms with van der Waals surface area (Å²) in [6, 6.07) is 14.6. The number of hydrogen-bond acceptors (Lipinski definition) is 5. The van der Waals surface area contributed by atoms with E-state index in [-0.39, 0.29) is 17.7 Å². The van der Waals surface area contributed by atoms with Crippen LogP contribution in [0.1, 0.15) is 41.1 Å². The summed E-state index contributed by atoms with van der Waals surface area (Å²) in [6.45, 7) is 4.09. The number of nitrogens with one attached hydrogen (secondary N) is 1. The molecule has 0 bridgehead atoms. The van der Waals surface area contributed by atoms with Crippen LogP contribution in [0.4, 0.5) is 0 Å². The van der Waals surface area contributed by atoms with Crippen molar-refractivity contribution in [1.82, 2.24) is 25.5 Å². The second-order valence-electron chi connectivity index (χ2n) is 7.16. The number of hydrogen-bond donors (Lipinski definition) is 1. The Labute approximate surface area is 168 Å². The van der Waals surface area contributed by atoms with Gasteiger partial charge in [-0.2, -0.15) is 4.68 Å². The predicted octanol–water partition coefficient (Wildman–Crippen LogP) is 3.57. The molecule has 4 rings (SSSR count). The van der Waals surface area contributed by atoms with Crippen molar-refractivity contribution in [3.63, 3.8) is 0 Å². The van der Waals surface area contributed by atoms with Crippen LogP contribution in [0.3, 0.4) is 0 Å². The summed E-state index contributed by atoms with van der Waals surface area (Å²) < 4.78 is 1.70. The third-order valence-electron chi connectivity index (χ3n) is 5.06. The second-order valence-corrected chi connectivity index (χ2v) is 8.11. The lowest BCUT2D eigenvalue weighted by Crippen LogP contribution is -2.32. The molecule has 1 heterocycles. The van der Waals surface area contributed by atoms with Gasteiger partial charge in [-0.05, 0) is 66.3 Å². The van der Waals surface area contributed by atoms with Gasteiger partial charge in [0.1, 0.15) is 0 Å². The number of benzene rings is 2. The molecule has 0 unspecified atom stereocenters. The number of amides is 1. The van der Waals surface area contributed by atoms with Gasteiger partial charge in [-0.1, -0.05) is 53.7 Å². The molecule has 0 radical (unpaired) electrons. The highest BCUT2D eigenvalue weighted by Crippen LogP contribution is 2.29. The maximum atomic E-state index is 12.6. The predicted molar refractivity (Wildman–Crippen MR) is 110 cm³/mol. The normalized spacial score (nSPS) is 15.9. The molecule has 3 aromatic rings. The Bertz CT molecular complexity index is 1000. The number of fused-ring (bicyclic) bond motifs is 1. The Morgan fingerprint density at radius 1 is 1.25 bits per heavy atom. The molecule has 1 amide bonds. The van der Waals surface area contributed by atoms with Crippen LogP contribution >= 0.6 is 11.8 Å². The highest BCUT2D eigenvalue weighted by atomic mass is 32.2. The number of carbonyl (C=O) groups excluding carboxylic acids is 1. The Balaban J connectivity index is 1.42. The molecule has 28 heavy (non-hydrogen) atoms. The number of aromatic nitrogens is 4. The van der Waals surface area contributed by atoms with Crippen LogP contribution in [0.15, 0.2) is 47.6 Å². The highest BCUT2D eigenvalue weighted by Gasteiger charge is 2.22. The van der Waals surface area contributed by atoms with Crippen molar-refractivity contribution < 1.29 is 4.79 Å². The molecule has 1 aromatic heterocycles. The molecule has 0 saturated heterocycles. The summed E-state index contributed by atoms with van der Waals surface area (Å²) >= 11 is 1.35. The van der Waals surface area contributed by atoms with Gasteiger partial charge < -0.3 is 5.32 Å². The Kier molecular flexibility index (Phi) is 5.43. The first-order valence-electron chi connectivity index (χ1n) is 9.48. The van der Waals surface area contributed by atoms with Crippen molar-refractivity contribution >= 4 is 17.7 Å². The van der Waals surface area contributed by atoms with E-state index in [4.69, 9.17) is 0 Å². The van der Waals surface area contributed by atoms with Gasteiger partial charge in [-0.25, -0.2) is 0 Å². The molecule has 144 valence electrons. The molecule has 0 saturated carbocycles. The van der Waals surface area contributed by atoms with E-state index in [9.17, 15) is 4.79 Å². The zero-order valence-electron chi connectivity index (χ0n) is 16.1. The van der Waals surface area contributed by atoms with Gasteiger partial charge in [0.05, 0.1) is 17.5 Å². The van der Waals surface area contributed by atoms with E-state index in [2.05, 4.69) is 52.0 Å². The minimum Gasteiger partial charge on any atom is -0.349 e. The lowest BCUT2D eigenvalue weighted by Gasteiger charge is -2.26. The summed E-state index contributed by atoms with van der Waals surface area (Å²) in [5.41, 5.74) is 5.80. The summed E-state index contributed by atoms with van der Waals surface area (Å²) in [5.74, 6) is 0.283. The second kappa shape index (κ2) is 8.14. The first-order valence-corrected chi connectivity index (χ1v) is 10.5. The summed E-state index contributed by atoms with van der Waals surface area (Å²) in [4.78, 5) is 12.6. The first kappa shape index (κ1) is 18.7. The zero-order valence-corrected chi connectivity index (χ0v) is 16.9.